The fraction of sp³-hybridized carbons (Fsp3) is 0.0625. The van der Waals surface area contributed by atoms with Crippen LogP contribution in [0.1, 0.15) is 47.2 Å². The van der Waals surface area contributed by atoms with Gasteiger partial charge in [-0.1, -0.05) is 190 Å². The van der Waals surface area contributed by atoms with Gasteiger partial charge in [0.1, 0.15) is 0 Å². The van der Waals surface area contributed by atoms with Crippen LogP contribution < -0.4 is 9.80 Å². The number of rotatable bonds is 7. The standard InChI is InChI=1S/C64H46N2/c1-63(2)56-29-15-12-27-52(56)55-28-18-32-61(62(55)63)66(47-35-33-44(34-36-47)43-19-6-3-7-20-43)49-38-40-54-51-26-14-17-31-58(51)64(60(54)42-49)57-30-16-13-25-50(57)53-39-37-48(41-59(53)64)65(45-21-8-4-9-22-45)46-23-10-5-11-24-46/h3-42H,1-2H3. The van der Waals surface area contributed by atoms with Crippen molar-refractivity contribution in [1.29, 1.82) is 0 Å². The zero-order valence-corrected chi connectivity index (χ0v) is 37.0. The molecule has 0 aromatic heterocycles. The summed E-state index contributed by atoms with van der Waals surface area (Å²) in [5.41, 5.74) is 24.1. The fourth-order valence-electron chi connectivity index (χ4n) is 11.9. The Labute approximate surface area is 387 Å². The minimum atomic E-state index is -0.570. The second kappa shape index (κ2) is 14.7. The summed E-state index contributed by atoms with van der Waals surface area (Å²) in [7, 11) is 0. The van der Waals surface area contributed by atoms with Gasteiger partial charge in [0.2, 0.25) is 0 Å². The molecule has 1 spiro atoms. The number of nitrogens with zero attached hydrogens (tertiary/aromatic N) is 2. The van der Waals surface area contributed by atoms with E-state index >= 15 is 0 Å². The highest BCUT2D eigenvalue weighted by molar-refractivity contribution is 5.98. The van der Waals surface area contributed by atoms with Crippen LogP contribution in [0.2, 0.25) is 0 Å². The van der Waals surface area contributed by atoms with Crippen LogP contribution in [0.25, 0.3) is 44.5 Å². The smallest absolute Gasteiger partial charge is 0.0727 e. The van der Waals surface area contributed by atoms with E-state index in [2.05, 4.69) is 266 Å². The molecule has 0 radical (unpaired) electrons. The molecule has 2 nitrogen and oxygen atoms in total. The molecule has 1 unspecified atom stereocenters. The summed E-state index contributed by atoms with van der Waals surface area (Å²) in [6.45, 7) is 4.79. The van der Waals surface area contributed by atoms with Gasteiger partial charge in [0.05, 0.1) is 11.1 Å². The monoisotopic (exact) mass is 842 g/mol. The van der Waals surface area contributed by atoms with Gasteiger partial charge in [-0.2, -0.15) is 0 Å². The fourth-order valence-corrected chi connectivity index (χ4v) is 11.9. The van der Waals surface area contributed by atoms with Gasteiger partial charge >= 0.3 is 0 Å². The largest absolute Gasteiger partial charge is 0.310 e. The third-order valence-corrected chi connectivity index (χ3v) is 14.6. The number of anilines is 6. The molecule has 0 saturated heterocycles. The molecule has 0 fully saturated rings. The first-order valence-corrected chi connectivity index (χ1v) is 23.1. The summed E-state index contributed by atoms with van der Waals surface area (Å²) in [6.07, 6.45) is 0. The van der Waals surface area contributed by atoms with Crippen molar-refractivity contribution in [1.82, 2.24) is 0 Å². The number of hydrogen-bond donors (Lipinski definition) is 0. The molecule has 3 aliphatic carbocycles. The van der Waals surface area contributed by atoms with E-state index in [1.54, 1.807) is 0 Å². The van der Waals surface area contributed by atoms with E-state index < -0.39 is 5.41 Å². The Morgan fingerprint density at radius 1 is 0.273 bits per heavy atom. The molecule has 312 valence electrons. The van der Waals surface area contributed by atoms with E-state index in [9.17, 15) is 0 Å². The Kier molecular flexibility index (Phi) is 8.51. The van der Waals surface area contributed by atoms with Gasteiger partial charge in [-0.05, 0) is 145 Å². The lowest BCUT2D eigenvalue weighted by Gasteiger charge is -2.34. The van der Waals surface area contributed by atoms with Crippen LogP contribution in [0.5, 0.6) is 0 Å². The zero-order chi connectivity index (χ0) is 44.0. The lowest BCUT2D eigenvalue weighted by atomic mass is 9.70. The molecule has 66 heavy (non-hydrogen) atoms. The molecule has 0 heterocycles. The van der Waals surface area contributed by atoms with Crippen molar-refractivity contribution in [3.05, 3.63) is 276 Å². The first-order valence-electron chi connectivity index (χ1n) is 23.1. The molecule has 2 heteroatoms. The third-order valence-electron chi connectivity index (χ3n) is 14.6. The van der Waals surface area contributed by atoms with E-state index in [1.165, 1.54) is 83.6 Å². The summed E-state index contributed by atoms with van der Waals surface area (Å²) >= 11 is 0. The van der Waals surface area contributed by atoms with Gasteiger partial charge in [0.25, 0.3) is 0 Å². The summed E-state index contributed by atoms with van der Waals surface area (Å²) in [4.78, 5) is 4.93. The molecule has 10 aromatic carbocycles. The maximum absolute atomic E-state index is 2.53. The predicted octanol–water partition coefficient (Wildman–Crippen LogP) is 16.9. The molecular weight excluding hydrogens is 797 g/mol. The first kappa shape index (κ1) is 38.3. The Bertz CT molecular complexity index is 3450. The minimum Gasteiger partial charge on any atom is -0.310 e. The van der Waals surface area contributed by atoms with Crippen LogP contribution in [0.4, 0.5) is 34.1 Å². The molecule has 3 aliphatic rings. The van der Waals surface area contributed by atoms with E-state index in [4.69, 9.17) is 0 Å². The van der Waals surface area contributed by atoms with Crippen molar-refractivity contribution in [2.45, 2.75) is 24.7 Å². The summed E-state index contributed by atoms with van der Waals surface area (Å²) in [6, 6.07) is 90.0. The van der Waals surface area contributed by atoms with E-state index in [0.29, 0.717) is 0 Å². The van der Waals surface area contributed by atoms with Gasteiger partial charge in [-0.25, -0.2) is 0 Å². The average molecular weight is 843 g/mol. The van der Waals surface area contributed by atoms with Crippen molar-refractivity contribution in [3.8, 4) is 44.5 Å². The van der Waals surface area contributed by atoms with Crippen LogP contribution in [-0.2, 0) is 10.8 Å². The summed E-state index contributed by atoms with van der Waals surface area (Å²) < 4.78 is 0. The highest BCUT2D eigenvalue weighted by Crippen LogP contribution is 2.64. The van der Waals surface area contributed by atoms with E-state index in [1.807, 2.05) is 0 Å². The quantitative estimate of drug-likeness (QED) is 0.158. The van der Waals surface area contributed by atoms with E-state index in [-0.39, 0.29) is 5.41 Å². The van der Waals surface area contributed by atoms with Crippen LogP contribution in [-0.4, -0.2) is 0 Å². The average Bonchev–Trinajstić information content (AvgIpc) is 3.93. The first-order chi connectivity index (χ1) is 32.5. The van der Waals surface area contributed by atoms with Gasteiger partial charge in [-0.3, -0.25) is 0 Å². The molecule has 1 atom stereocenters. The number of hydrogen-bond acceptors (Lipinski definition) is 2. The van der Waals surface area contributed by atoms with Gasteiger partial charge in [0.15, 0.2) is 0 Å². The minimum absolute atomic E-state index is 0.220. The van der Waals surface area contributed by atoms with E-state index in [0.717, 1.165) is 28.4 Å². The van der Waals surface area contributed by atoms with Crippen molar-refractivity contribution in [3.63, 3.8) is 0 Å². The summed E-state index contributed by atoms with van der Waals surface area (Å²) in [5.74, 6) is 0. The normalized spacial score (nSPS) is 15.3. The van der Waals surface area contributed by atoms with Crippen LogP contribution in [0.15, 0.2) is 243 Å². The molecule has 0 bridgehead atoms. The van der Waals surface area contributed by atoms with Gasteiger partial charge in [-0.15, -0.1) is 0 Å². The third kappa shape index (κ3) is 5.48. The Balaban J connectivity index is 1.07. The van der Waals surface area contributed by atoms with Crippen LogP contribution in [0.3, 0.4) is 0 Å². The number of benzene rings is 10. The van der Waals surface area contributed by atoms with Crippen molar-refractivity contribution in [2.24, 2.45) is 0 Å². The molecule has 0 saturated carbocycles. The predicted molar refractivity (Wildman–Crippen MR) is 275 cm³/mol. The van der Waals surface area contributed by atoms with Crippen LogP contribution >= 0.6 is 0 Å². The Morgan fingerprint density at radius 2 is 0.667 bits per heavy atom. The second-order valence-corrected chi connectivity index (χ2v) is 18.4. The van der Waals surface area contributed by atoms with Crippen LogP contribution in [0, 0.1) is 0 Å². The van der Waals surface area contributed by atoms with Gasteiger partial charge in [0, 0.05) is 33.9 Å². The molecule has 0 aliphatic heterocycles. The lowest BCUT2D eigenvalue weighted by molar-refractivity contribution is 0.661. The van der Waals surface area contributed by atoms with Crippen molar-refractivity contribution in [2.75, 3.05) is 9.80 Å². The Morgan fingerprint density at radius 3 is 1.23 bits per heavy atom. The van der Waals surface area contributed by atoms with Crippen molar-refractivity contribution >= 4 is 34.1 Å². The number of para-hydroxylation sites is 2. The Hall–Kier alpha value is -8.20. The SMILES string of the molecule is CC1(C)c2ccccc2-c2cccc(N(c3ccc(-c4ccccc4)cc3)c3ccc4c(c3)C3(c5ccccc5-c5ccc(N(c6ccccc6)c6ccccc6)cc53)c3ccccc3-4)c21. The maximum Gasteiger partial charge on any atom is 0.0727 e. The molecule has 0 N–H and O–H groups in total. The van der Waals surface area contributed by atoms with Gasteiger partial charge < -0.3 is 9.80 Å². The topological polar surface area (TPSA) is 6.48 Å². The molecule has 13 rings (SSSR count). The molecule has 0 amide bonds. The lowest BCUT2D eigenvalue weighted by Crippen LogP contribution is -2.26. The molecular formula is C64H46N2. The van der Waals surface area contributed by atoms with Crippen molar-refractivity contribution < 1.29 is 0 Å². The zero-order valence-electron chi connectivity index (χ0n) is 37.0. The summed E-state index contributed by atoms with van der Waals surface area (Å²) in [5, 5.41) is 0. The second-order valence-electron chi connectivity index (χ2n) is 18.4. The number of fused-ring (bicyclic) bond motifs is 13. The highest BCUT2D eigenvalue weighted by atomic mass is 15.2. The highest BCUT2D eigenvalue weighted by Gasteiger charge is 2.52. The maximum atomic E-state index is 2.53. The molecule has 10 aromatic rings.